The second-order valence-electron chi connectivity index (χ2n) is 18.1. The largest absolute Gasteiger partial charge is 0.358 e. The third kappa shape index (κ3) is 18.7. The molecule has 8 heterocycles. The molecule has 0 spiro atoms. The van der Waals surface area contributed by atoms with Gasteiger partial charge in [0, 0.05) is 176 Å². The van der Waals surface area contributed by atoms with E-state index in [1.165, 1.54) is 22.3 Å². The van der Waals surface area contributed by atoms with Crippen molar-refractivity contribution in [2.75, 3.05) is 0 Å². The maximum atomic E-state index is 4.66. The maximum Gasteiger partial charge on any atom is 0.181 e. The fraction of sp³-hybridized carbons (Fsp3) is 0.471. The molecule has 364 valence electrons. The summed E-state index contributed by atoms with van der Waals surface area (Å²) >= 11 is 0. The van der Waals surface area contributed by atoms with Crippen LogP contribution in [0, 0.1) is 29.7 Å². The Labute approximate surface area is 510 Å². The summed E-state index contributed by atoms with van der Waals surface area (Å²) < 4.78 is 0. The monoisotopic (exact) mass is 1230 g/mol. The zero-order valence-electron chi connectivity index (χ0n) is 45.0. The van der Waals surface area contributed by atoms with E-state index >= 15 is 0 Å². The molecular weight excluding hydrogens is 1150 g/mol. The van der Waals surface area contributed by atoms with Crippen LogP contribution in [0.1, 0.15) is 204 Å². The minimum atomic E-state index is 0. The van der Waals surface area contributed by atoms with Crippen LogP contribution in [0.5, 0.6) is 0 Å². The molecule has 8 rings (SSSR count). The third-order valence-corrected chi connectivity index (χ3v) is 10.4. The number of aromatic nitrogens is 13. The second kappa shape index (κ2) is 33.5. The smallest absolute Gasteiger partial charge is 0.181 e. The average molecular weight is 1230 g/mol. The van der Waals surface area contributed by atoms with E-state index in [4.69, 9.17) is 0 Å². The van der Waals surface area contributed by atoms with Crippen LogP contribution in [0.3, 0.4) is 0 Å². The van der Waals surface area contributed by atoms with E-state index in [9.17, 15) is 0 Å². The molecule has 4 N–H and O–H groups in total. The number of fused-ring (bicyclic) bond motifs is 4. The number of hydrogen-bond acceptors (Lipinski definition) is 9. The Hall–Kier alpha value is -1.17. The fourth-order valence-corrected chi connectivity index (χ4v) is 6.57. The SMILES string of the molecule is CC(C)c1cc2c(C(C)C)[nH]nc2cn1.CC(C)c1ccc2n[nH]c(C(C)C)c2n1.CC(C)c1cnc2n[nH]c(C(C)C)c2c1.CC(C)c1ncc2n[nH]c(C(C)C)c2n1.[CH3-].[CH3-].[CH3-].[CH3-].[Y].[Y].[Y].[Y]. The van der Waals surface area contributed by atoms with Crippen molar-refractivity contribution in [2.24, 2.45) is 0 Å². The number of hydrogen-bond donors (Lipinski definition) is 4. The van der Waals surface area contributed by atoms with Crippen LogP contribution in [-0.2, 0) is 131 Å². The van der Waals surface area contributed by atoms with Crippen molar-refractivity contribution < 1.29 is 131 Å². The first-order valence-electron chi connectivity index (χ1n) is 21.6. The zero-order valence-corrected chi connectivity index (χ0v) is 56.3. The number of rotatable bonds is 8. The van der Waals surface area contributed by atoms with Crippen molar-refractivity contribution in [1.82, 2.24) is 65.7 Å². The average Bonchev–Trinajstić information content (AvgIpc) is 4.01. The summed E-state index contributed by atoms with van der Waals surface area (Å²) in [4.78, 5) is 22.3. The van der Waals surface area contributed by atoms with Gasteiger partial charge in [-0.1, -0.05) is 111 Å². The van der Waals surface area contributed by atoms with Gasteiger partial charge < -0.3 is 29.7 Å². The standard InChI is InChI=1S/3C12H17N3.C11H16N4.4CH3.4Y/c1-7(2)10-5-9-11(6-13-10)14-15-12(9)8(3)4;1-7(2)9-5-10-11(8(3)4)14-15-12(10)13-6-9;1-7(2)9-5-6-10-12(13-9)11(8(3)4)15-14-10;1-6(2)9-10-8(14-15-9)5-12-11(13-10)7(3)4;;;;;;;;/h5-8H,1-4H3,(H,14,15);5-8H,1-4H3,(H,13,14,15);5-8H,1-4H3,(H,14,15);5-7H,1-4H3,(H,14,15);4*1H3;;;;/q;;;;4*-1;;;;. The van der Waals surface area contributed by atoms with Crippen LogP contribution in [0.2, 0.25) is 0 Å². The van der Waals surface area contributed by atoms with Crippen molar-refractivity contribution in [3.05, 3.63) is 118 Å². The van der Waals surface area contributed by atoms with E-state index in [2.05, 4.69) is 195 Å². The van der Waals surface area contributed by atoms with Crippen LogP contribution < -0.4 is 0 Å². The topological polar surface area (TPSA) is 179 Å². The number of nitrogens with one attached hydrogen (secondary N) is 4. The van der Waals surface area contributed by atoms with E-state index in [0.29, 0.717) is 47.3 Å². The maximum absolute atomic E-state index is 4.66. The van der Waals surface area contributed by atoms with Crippen molar-refractivity contribution in [2.45, 2.75) is 158 Å². The predicted octanol–water partition coefficient (Wildman–Crippen LogP) is 14.0. The molecule has 0 unspecified atom stereocenters. The first-order chi connectivity index (χ1) is 28.4. The summed E-state index contributed by atoms with van der Waals surface area (Å²) in [5, 5.41) is 31.5. The van der Waals surface area contributed by atoms with Gasteiger partial charge in [0.2, 0.25) is 0 Å². The number of pyridine rings is 3. The number of H-pyrrole nitrogens is 4. The minimum Gasteiger partial charge on any atom is -0.358 e. The normalized spacial score (nSPS) is 10.5. The van der Waals surface area contributed by atoms with Gasteiger partial charge in [-0.15, -0.1) is 0 Å². The molecule has 8 aromatic rings. The van der Waals surface area contributed by atoms with E-state index < -0.39 is 0 Å². The van der Waals surface area contributed by atoms with Gasteiger partial charge >= 0.3 is 0 Å². The molecule has 13 nitrogen and oxygen atoms in total. The first kappa shape index (κ1) is 73.4. The van der Waals surface area contributed by atoms with Gasteiger partial charge in [-0.05, 0) is 71.3 Å². The van der Waals surface area contributed by atoms with E-state index in [-0.39, 0.29) is 161 Å². The Bertz CT molecular complexity index is 2260. The zero-order chi connectivity index (χ0) is 44.0. The first-order valence-corrected chi connectivity index (χ1v) is 21.6. The fourth-order valence-electron chi connectivity index (χ4n) is 6.57. The molecule has 0 aliphatic carbocycles. The van der Waals surface area contributed by atoms with Crippen LogP contribution in [-0.4, -0.2) is 65.7 Å². The van der Waals surface area contributed by atoms with Gasteiger partial charge in [0.1, 0.15) is 33.4 Å². The van der Waals surface area contributed by atoms with E-state index in [1.54, 1.807) is 6.20 Å². The Balaban J connectivity index is -0.000000386. The van der Waals surface area contributed by atoms with Crippen LogP contribution in [0.15, 0.2) is 42.9 Å². The van der Waals surface area contributed by atoms with Gasteiger partial charge in [0.15, 0.2) is 5.65 Å². The molecule has 68 heavy (non-hydrogen) atoms. The molecule has 4 radical (unpaired) electrons. The number of nitrogens with zero attached hydrogens (tertiary/aromatic N) is 9. The molecule has 0 saturated carbocycles. The van der Waals surface area contributed by atoms with Crippen LogP contribution >= 0.6 is 0 Å². The molecule has 0 amide bonds. The summed E-state index contributed by atoms with van der Waals surface area (Å²) in [5.41, 5.74) is 13.7. The van der Waals surface area contributed by atoms with E-state index in [1.807, 2.05) is 18.5 Å². The molecular formula is C51H79N13Y4-4. The summed E-state index contributed by atoms with van der Waals surface area (Å²) in [7, 11) is 0. The molecule has 0 aliphatic heterocycles. The molecule has 0 fully saturated rings. The molecule has 0 atom stereocenters. The van der Waals surface area contributed by atoms with Gasteiger partial charge in [0.05, 0.1) is 23.8 Å². The summed E-state index contributed by atoms with van der Waals surface area (Å²) in [6.07, 6.45) is 5.56. The van der Waals surface area contributed by atoms with Crippen molar-refractivity contribution in [3.8, 4) is 0 Å². The third-order valence-electron chi connectivity index (χ3n) is 10.4. The number of aromatic amines is 4. The van der Waals surface area contributed by atoms with Gasteiger partial charge in [-0.25, -0.2) is 19.9 Å². The Kier molecular flexibility index (Phi) is 36.2. The predicted molar refractivity (Wildman–Crippen MR) is 272 cm³/mol. The van der Waals surface area contributed by atoms with Gasteiger partial charge in [-0.2, -0.15) is 20.4 Å². The van der Waals surface area contributed by atoms with Crippen molar-refractivity contribution in [3.63, 3.8) is 0 Å². The molecule has 0 aliphatic rings. The summed E-state index contributed by atoms with van der Waals surface area (Å²) in [5.74, 6) is 4.44. The quantitative estimate of drug-likeness (QED) is 0.108. The van der Waals surface area contributed by atoms with Crippen molar-refractivity contribution >= 4 is 44.0 Å². The van der Waals surface area contributed by atoms with Gasteiger partial charge in [0.25, 0.3) is 0 Å². The summed E-state index contributed by atoms with van der Waals surface area (Å²) in [6, 6.07) is 8.45. The Morgan fingerprint density at radius 3 is 1.32 bits per heavy atom. The molecule has 17 heteroatoms. The molecule has 8 aromatic heterocycles. The Morgan fingerprint density at radius 2 is 0.824 bits per heavy atom. The van der Waals surface area contributed by atoms with Crippen molar-refractivity contribution in [1.29, 1.82) is 0 Å². The molecule has 0 bridgehead atoms. The Morgan fingerprint density at radius 1 is 0.368 bits per heavy atom. The molecule has 0 aromatic carbocycles. The summed E-state index contributed by atoms with van der Waals surface area (Å²) in [6.45, 7) is 34.4. The van der Waals surface area contributed by atoms with Crippen LogP contribution in [0.25, 0.3) is 44.0 Å². The van der Waals surface area contributed by atoms with Gasteiger partial charge in [-0.3, -0.25) is 25.4 Å². The van der Waals surface area contributed by atoms with E-state index in [0.717, 1.165) is 67.2 Å². The second-order valence-corrected chi connectivity index (χ2v) is 18.1. The minimum absolute atomic E-state index is 0. The molecule has 0 saturated heterocycles. The van der Waals surface area contributed by atoms with Crippen LogP contribution in [0.4, 0.5) is 0 Å².